The van der Waals surface area contributed by atoms with Gasteiger partial charge in [-0.3, -0.25) is 4.79 Å². The van der Waals surface area contributed by atoms with Crippen LogP contribution in [0.1, 0.15) is 25.3 Å². The minimum absolute atomic E-state index is 0.0309. The molecule has 32 heavy (non-hydrogen) atoms. The first-order chi connectivity index (χ1) is 15.5. The third-order valence-corrected chi connectivity index (χ3v) is 5.65. The lowest BCUT2D eigenvalue weighted by atomic mass is 9.88. The fourth-order valence-electron chi connectivity index (χ4n) is 3.93. The van der Waals surface area contributed by atoms with E-state index in [4.69, 9.17) is 15.9 Å². The van der Waals surface area contributed by atoms with Crippen molar-refractivity contribution < 1.29 is 9.53 Å². The van der Waals surface area contributed by atoms with Gasteiger partial charge in [0.15, 0.2) is 0 Å². The Hall–Kier alpha value is -3.87. The predicted molar refractivity (Wildman–Crippen MR) is 127 cm³/mol. The summed E-state index contributed by atoms with van der Waals surface area (Å²) < 4.78 is 5.85. The van der Waals surface area contributed by atoms with Crippen molar-refractivity contribution in [2.45, 2.75) is 19.8 Å². The SMILES string of the molecule is CC(=O)N1CCCC(C(=N)c2ccnc(N)c2Nc2ccc(Oc3ccccc3)cc2)C1. The summed E-state index contributed by atoms with van der Waals surface area (Å²) in [7, 11) is 0. The third-order valence-electron chi connectivity index (χ3n) is 5.65. The molecule has 0 radical (unpaired) electrons. The van der Waals surface area contributed by atoms with E-state index in [1.165, 1.54) is 0 Å². The van der Waals surface area contributed by atoms with Crippen LogP contribution in [0.4, 0.5) is 17.2 Å². The molecule has 1 aliphatic rings. The number of nitrogens with one attached hydrogen (secondary N) is 2. The van der Waals surface area contributed by atoms with Crippen molar-refractivity contribution in [3.05, 3.63) is 72.4 Å². The number of pyridine rings is 1. The van der Waals surface area contributed by atoms with E-state index in [2.05, 4.69) is 10.3 Å². The van der Waals surface area contributed by atoms with Crippen LogP contribution in [0.5, 0.6) is 11.5 Å². The largest absolute Gasteiger partial charge is 0.457 e. The Morgan fingerprint density at radius 3 is 2.56 bits per heavy atom. The highest BCUT2D eigenvalue weighted by molar-refractivity contribution is 6.07. The number of aromatic nitrogens is 1. The lowest BCUT2D eigenvalue weighted by molar-refractivity contribution is -0.130. The highest BCUT2D eigenvalue weighted by atomic mass is 16.5. The molecule has 0 bridgehead atoms. The number of rotatable bonds is 6. The molecule has 164 valence electrons. The minimum atomic E-state index is -0.0309. The van der Waals surface area contributed by atoms with Crippen LogP contribution in [-0.4, -0.2) is 34.6 Å². The Morgan fingerprint density at radius 2 is 1.84 bits per heavy atom. The number of amides is 1. The van der Waals surface area contributed by atoms with Crippen molar-refractivity contribution in [2.24, 2.45) is 5.92 Å². The van der Waals surface area contributed by atoms with E-state index < -0.39 is 0 Å². The number of nitrogens with zero attached hydrogens (tertiary/aromatic N) is 2. The summed E-state index contributed by atoms with van der Waals surface area (Å²) >= 11 is 0. The van der Waals surface area contributed by atoms with Gasteiger partial charge in [-0.25, -0.2) is 4.98 Å². The molecule has 0 aliphatic carbocycles. The van der Waals surface area contributed by atoms with Gasteiger partial charge >= 0.3 is 0 Å². The maximum absolute atomic E-state index is 11.8. The fourth-order valence-corrected chi connectivity index (χ4v) is 3.93. The number of piperidine rings is 1. The molecule has 0 spiro atoms. The van der Waals surface area contributed by atoms with E-state index in [9.17, 15) is 4.79 Å². The summed E-state index contributed by atoms with van der Waals surface area (Å²) in [5.41, 5.74) is 8.78. The summed E-state index contributed by atoms with van der Waals surface area (Å²) in [6.45, 7) is 2.88. The van der Waals surface area contributed by atoms with Crippen LogP contribution in [0.25, 0.3) is 0 Å². The van der Waals surface area contributed by atoms with Crippen LogP contribution in [0.15, 0.2) is 66.9 Å². The van der Waals surface area contributed by atoms with Crippen molar-refractivity contribution in [3.63, 3.8) is 0 Å². The zero-order valence-corrected chi connectivity index (χ0v) is 18.0. The number of anilines is 3. The standard InChI is InChI=1S/C25H27N5O2/c1-17(31)30-15-5-6-18(16-30)23(26)22-13-14-28-25(27)24(22)29-19-9-11-21(12-10-19)32-20-7-3-2-4-8-20/h2-4,7-14,18,26,29H,5-6,15-16H2,1H3,(H2,27,28). The molecule has 1 atom stereocenters. The number of nitrogen functional groups attached to an aromatic ring is 1. The van der Waals surface area contributed by atoms with E-state index in [-0.39, 0.29) is 11.8 Å². The molecule has 1 amide bonds. The zero-order chi connectivity index (χ0) is 22.5. The molecule has 7 nitrogen and oxygen atoms in total. The summed E-state index contributed by atoms with van der Waals surface area (Å²) in [6, 6.07) is 18.9. The van der Waals surface area contributed by atoms with Gasteiger partial charge in [0, 0.05) is 49.1 Å². The molecule has 2 aromatic carbocycles. The topological polar surface area (TPSA) is 104 Å². The van der Waals surface area contributed by atoms with Crippen molar-refractivity contribution in [1.29, 1.82) is 5.41 Å². The molecule has 1 aromatic heterocycles. The van der Waals surface area contributed by atoms with Crippen LogP contribution >= 0.6 is 0 Å². The van der Waals surface area contributed by atoms with Crippen molar-refractivity contribution >= 4 is 28.8 Å². The Bertz CT molecular complexity index is 1100. The number of hydrogen-bond acceptors (Lipinski definition) is 6. The molecule has 3 aromatic rings. The quantitative estimate of drug-likeness (QED) is 0.487. The van der Waals surface area contributed by atoms with Crippen LogP contribution in [0, 0.1) is 11.3 Å². The number of carbonyl (C=O) groups excluding carboxylic acids is 1. The summed E-state index contributed by atoms with van der Waals surface area (Å²) in [5, 5.41) is 12.2. The predicted octanol–water partition coefficient (Wildman–Crippen LogP) is 4.83. The Kier molecular flexibility index (Phi) is 6.35. The normalized spacial score (nSPS) is 15.8. The molecule has 1 saturated heterocycles. The molecule has 4 rings (SSSR count). The molecule has 1 fully saturated rings. The van der Waals surface area contributed by atoms with Crippen LogP contribution in [0.3, 0.4) is 0 Å². The highest BCUT2D eigenvalue weighted by Gasteiger charge is 2.27. The van der Waals surface area contributed by atoms with Crippen LogP contribution in [0.2, 0.25) is 0 Å². The number of benzene rings is 2. The maximum atomic E-state index is 11.8. The smallest absolute Gasteiger partial charge is 0.219 e. The second kappa shape index (κ2) is 9.51. The van der Waals surface area contributed by atoms with E-state index >= 15 is 0 Å². The average molecular weight is 430 g/mol. The zero-order valence-electron chi connectivity index (χ0n) is 18.0. The molecule has 1 aliphatic heterocycles. The summed E-state index contributed by atoms with van der Waals surface area (Å²) in [6.07, 6.45) is 3.38. The van der Waals surface area contributed by atoms with Gasteiger partial charge in [0.2, 0.25) is 5.91 Å². The van der Waals surface area contributed by atoms with Gasteiger partial charge < -0.3 is 26.1 Å². The molecule has 7 heteroatoms. The lowest BCUT2D eigenvalue weighted by Gasteiger charge is -2.33. The van der Waals surface area contributed by atoms with Crippen LogP contribution < -0.4 is 15.8 Å². The van der Waals surface area contributed by atoms with Crippen molar-refractivity contribution in [1.82, 2.24) is 9.88 Å². The second-order valence-electron chi connectivity index (χ2n) is 7.90. The minimum Gasteiger partial charge on any atom is -0.457 e. The maximum Gasteiger partial charge on any atom is 0.219 e. The molecular formula is C25H27N5O2. The summed E-state index contributed by atoms with van der Waals surface area (Å²) in [5.74, 6) is 1.84. The first-order valence-corrected chi connectivity index (χ1v) is 10.7. The number of ether oxygens (including phenoxy) is 1. The van der Waals surface area contributed by atoms with Crippen LogP contribution in [-0.2, 0) is 4.79 Å². The number of carbonyl (C=O) groups is 1. The van der Waals surface area contributed by atoms with Crippen molar-refractivity contribution in [2.75, 3.05) is 24.1 Å². The van der Waals surface area contributed by atoms with Gasteiger partial charge in [0.05, 0.1) is 5.69 Å². The number of nitrogens with two attached hydrogens (primary N) is 1. The van der Waals surface area contributed by atoms with Gasteiger partial charge in [-0.05, 0) is 55.3 Å². The second-order valence-corrected chi connectivity index (χ2v) is 7.90. The van der Waals surface area contributed by atoms with E-state index in [0.29, 0.717) is 29.3 Å². The highest BCUT2D eigenvalue weighted by Crippen LogP contribution is 2.31. The third kappa shape index (κ3) is 4.88. The number of para-hydroxylation sites is 1. The van der Waals surface area contributed by atoms with Gasteiger partial charge in [-0.2, -0.15) is 0 Å². The Balaban J connectivity index is 1.52. The Labute approximate surface area is 187 Å². The summed E-state index contributed by atoms with van der Waals surface area (Å²) in [4.78, 5) is 17.8. The van der Waals surface area contributed by atoms with E-state index in [1.807, 2.05) is 59.5 Å². The monoisotopic (exact) mass is 429 g/mol. The van der Waals surface area contributed by atoms with E-state index in [0.717, 1.165) is 36.6 Å². The molecule has 4 N–H and O–H groups in total. The molecule has 2 heterocycles. The average Bonchev–Trinajstić information content (AvgIpc) is 2.82. The number of likely N-dealkylation sites (tertiary alicyclic amines) is 1. The first-order valence-electron chi connectivity index (χ1n) is 10.7. The number of hydrogen-bond donors (Lipinski definition) is 3. The molecule has 0 saturated carbocycles. The van der Waals surface area contributed by atoms with Gasteiger partial charge in [-0.1, -0.05) is 18.2 Å². The van der Waals surface area contributed by atoms with Gasteiger partial charge in [0.25, 0.3) is 0 Å². The van der Waals surface area contributed by atoms with Gasteiger partial charge in [0.1, 0.15) is 17.3 Å². The van der Waals surface area contributed by atoms with Crippen molar-refractivity contribution in [3.8, 4) is 11.5 Å². The Morgan fingerprint density at radius 1 is 1.12 bits per heavy atom. The molecular weight excluding hydrogens is 402 g/mol. The van der Waals surface area contributed by atoms with E-state index in [1.54, 1.807) is 19.2 Å². The van der Waals surface area contributed by atoms with Gasteiger partial charge in [-0.15, -0.1) is 0 Å². The first kappa shape index (κ1) is 21.4. The fraction of sp³-hybridized carbons (Fsp3) is 0.240. The lowest BCUT2D eigenvalue weighted by Crippen LogP contribution is -2.41. The molecule has 1 unspecified atom stereocenters.